The average Bonchev–Trinajstić information content (AvgIpc) is 2.62. The summed E-state index contributed by atoms with van der Waals surface area (Å²) in [6, 6.07) is -1.24. The van der Waals surface area contributed by atoms with Crippen LogP contribution in [-0.4, -0.2) is 42.0 Å². The second kappa shape index (κ2) is 5.62. The molecule has 0 aliphatic carbocycles. The lowest BCUT2D eigenvalue weighted by atomic mass is 9.97. The summed E-state index contributed by atoms with van der Waals surface area (Å²) in [5.74, 6) is -2.47. The van der Waals surface area contributed by atoms with E-state index in [1.807, 2.05) is 6.92 Å². The van der Waals surface area contributed by atoms with E-state index < -0.39 is 24.3 Å². The summed E-state index contributed by atoms with van der Waals surface area (Å²) < 4.78 is 0. The minimum atomic E-state index is -1.25. The van der Waals surface area contributed by atoms with Gasteiger partial charge in [-0.05, 0) is 12.5 Å². The number of carboxylic acids is 1. The molecule has 2 unspecified atom stereocenters. The van der Waals surface area contributed by atoms with Crippen LogP contribution < -0.4 is 16.4 Å². The number of amides is 2. The molecule has 7 nitrogen and oxygen atoms in total. The van der Waals surface area contributed by atoms with Crippen LogP contribution in [0.25, 0.3) is 0 Å². The summed E-state index contributed by atoms with van der Waals surface area (Å²) in [5.41, 5.74) is 4.92. The lowest BCUT2D eigenvalue weighted by Gasteiger charge is -2.18. The Kier molecular flexibility index (Phi) is 4.45. The van der Waals surface area contributed by atoms with E-state index in [1.54, 1.807) is 0 Å². The number of carboxylic acid groups (broad SMARTS) is 1. The third-order valence-corrected chi connectivity index (χ3v) is 2.87. The van der Waals surface area contributed by atoms with Gasteiger partial charge < -0.3 is 21.5 Å². The first-order valence-corrected chi connectivity index (χ1v) is 5.44. The molecule has 0 aromatic rings. The molecule has 0 saturated carbocycles. The van der Waals surface area contributed by atoms with Gasteiger partial charge in [0.05, 0.1) is 12.3 Å². The van der Waals surface area contributed by atoms with E-state index in [-0.39, 0.29) is 17.7 Å². The number of nitrogens with two attached hydrogens (primary N) is 1. The first-order valence-electron chi connectivity index (χ1n) is 5.44. The standard InChI is InChI=1S/C10H17N3O4/c1-5-3-12-4-6(5)9(15)13-7(10(16)17)2-8(11)14/h5-7,12H,2-4H2,1H3,(H2,11,14)(H,13,15)(H,16,17)/t5?,6?,7-/m0/s1. The second-order valence-corrected chi connectivity index (χ2v) is 4.31. The molecule has 0 spiro atoms. The van der Waals surface area contributed by atoms with Crippen molar-refractivity contribution in [2.45, 2.75) is 19.4 Å². The average molecular weight is 243 g/mol. The summed E-state index contributed by atoms with van der Waals surface area (Å²) in [6.07, 6.45) is -0.393. The summed E-state index contributed by atoms with van der Waals surface area (Å²) in [4.78, 5) is 33.3. The molecular formula is C10H17N3O4. The molecule has 1 heterocycles. The molecule has 5 N–H and O–H groups in total. The molecule has 0 aromatic carbocycles. The Morgan fingerprint density at radius 2 is 2.12 bits per heavy atom. The van der Waals surface area contributed by atoms with E-state index in [0.717, 1.165) is 6.54 Å². The fraction of sp³-hybridized carbons (Fsp3) is 0.700. The zero-order valence-corrected chi connectivity index (χ0v) is 9.60. The highest BCUT2D eigenvalue weighted by Crippen LogP contribution is 2.16. The Labute approximate surface area is 98.7 Å². The lowest BCUT2D eigenvalue weighted by molar-refractivity contribution is -0.144. The molecule has 17 heavy (non-hydrogen) atoms. The van der Waals surface area contributed by atoms with Gasteiger partial charge in [0.15, 0.2) is 0 Å². The summed E-state index contributed by atoms with van der Waals surface area (Å²) in [5, 5.41) is 14.2. The van der Waals surface area contributed by atoms with E-state index in [0.29, 0.717) is 6.54 Å². The van der Waals surface area contributed by atoms with Crippen LogP contribution in [0.3, 0.4) is 0 Å². The molecule has 7 heteroatoms. The van der Waals surface area contributed by atoms with Crippen molar-refractivity contribution in [2.75, 3.05) is 13.1 Å². The zero-order chi connectivity index (χ0) is 13.0. The predicted molar refractivity (Wildman–Crippen MR) is 58.9 cm³/mol. The molecule has 0 aromatic heterocycles. The summed E-state index contributed by atoms with van der Waals surface area (Å²) >= 11 is 0. The van der Waals surface area contributed by atoms with Gasteiger partial charge >= 0.3 is 5.97 Å². The highest BCUT2D eigenvalue weighted by atomic mass is 16.4. The number of hydrogen-bond acceptors (Lipinski definition) is 4. The molecular weight excluding hydrogens is 226 g/mol. The first-order chi connectivity index (χ1) is 7.91. The van der Waals surface area contributed by atoms with Crippen molar-refractivity contribution in [3.05, 3.63) is 0 Å². The predicted octanol–water partition coefficient (Wildman–Crippen LogP) is -1.71. The SMILES string of the molecule is CC1CNCC1C(=O)N[C@@H](CC(N)=O)C(=O)O. The van der Waals surface area contributed by atoms with Crippen molar-refractivity contribution in [1.29, 1.82) is 0 Å². The normalized spacial score (nSPS) is 25.2. The number of rotatable bonds is 5. The number of hydrogen-bond donors (Lipinski definition) is 4. The Morgan fingerprint density at radius 1 is 1.47 bits per heavy atom. The largest absolute Gasteiger partial charge is 0.480 e. The van der Waals surface area contributed by atoms with Crippen LogP contribution >= 0.6 is 0 Å². The third kappa shape index (κ3) is 3.70. The van der Waals surface area contributed by atoms with Crippen molar-refractivity contribution in [3.63, 3.8) is 0 Å². The highest BCUT2D eigenvalue weighted by molar-refractivity contribution is 5.89. The smallest absolute Gasteiger partial charge is 0.326 e. The monoisotopic (exact) mass is 243 g/mol. The number of carbonyl (C=O) groups excluding carboxylic acids is 2. The quantitative estimate of drug-likeness (QED) is 0.458. The second-order valence-electron chi connectivity index (χ2n) is 4.31. The Bertz CT molecular complexity index is 332. The molecule has 3 atom stereocenters. The van der Waals surface area contributed by atoms with Gasteiger partial charge in [0.2, 0.25) is 11.8 Å². The maximum Gasteiger partial charge on any atom is 0.326 e. The van der Waals surface area contributed by atoms with Crippen molar-refractivity contribution >= 4 is 17.8 Å². The van der Waals surface area contributed by atoms with E-state index in [4.69, 9.17) is 10.8 Å². The van der Waals surface area contributed by atoms with Gasteiger partial charge in [-0.3, -0.25) is 9.59 Å². The van der Waals surface area contributed by atoms with Crippen molar-refractivity contribution in [3.8, 4) is 0 Å². The van der Waals surface area contributed by atoms with Crippen LogP contribution in [0.2, 0.25) is 0 Å². The molecule has 1 fully saturated rings. The lowest BCUT2D eigenvalue weighted by Crippen LogP contribution is -2.46. The van der Waals surface area contributed by atoms with E-state index in [2.05, 4.69) is 10.6 Å². The van der Waals surface area contributed by atoms with E-state index >= 15 is 0 Å². The van der Waals surface area contributed by atoms with Crippen LogP contribution in [0.15, 0.2) is 0 Å². The van der Waals surface area contributed by atoms with Crippen molar-refractivity contribution in [1.82, 2.24) is 10.6 Å². The molecule has 2 amide bonds. The van der Waals surface area contributed by atoms with Crippen LogP contribution in [0.4, 0.5) is 0 Å². The fourth-order valence-electron chi connectivity index (χ4n) is 1.84. The number of carbonyl (C=O) groups is 3. The Morgan fingerprint density at radius 3 is 2.53 bits per heavy atom. The number of nitrogens with one attached hydrogen (secondary N) is 2. The molecule has 1 aliphatic heterocycles. The van der Waals surface area contributed by atoms with Crippen LogP contribution in [0, 0.1) is 11.8 Å². The van der Waals surface area contributed by atoms with Gasteiger partial charge in [-0.25, -0.2) is 4.79 Å². The van der Waals surface area contributed by atoms with E-state index in [1.165, 1.54) is 0 Å². The van der Waals surface area contributed by atoms with Gasteiger partial charge in [-0.15, -0.1) is 0 Å². The Balaban J connectivity index is 2.57. The fourth-order valence-corrected chi connectivity index (χ4v) is 1.84. The van der Waals surface area contributed by atoms with Crippen LogP contribution in [-0.2, 0) is 14.4 Å². The summed E-state index contributed by atoms with van der Waals surface area (Å²) in [7, 11) is 0. The molecule has 1 rings (SSSR count). The molecule has 1 saturated heterocycles. The molecule has 1 aliphatic rings. The molecule has 0 bridgehead atoms. The van der Waals surface area contributed by atoms with Gasteiger partial charge in [0, 0.05) is 6.54 Å². The summed E-state index contributed by atoms with van der Waals surface area (Å²) in [6.45, 7) is 3.16. The van der Waals surface area contributed by atoms with Gasteiger partial charge in [0.1, 0.15) is 6.04 Å². The number of primary amides is 1. The van der Waals surface area contributed by atoms with Gasteiger partial charge in [0.25, 0.3) is 0 Å². The number of aliphatic carboxylic acids is 1. The van der Waals surface area contributed by atoms with Crippen molar-refractivity contribution in [2.24, 2.45) is 17.6 Å². The zero-order valence-electron chi connectivity index (χ0n) is 9.60. The maximum atomic E-state index is 11.8. The highest BCUT2D eigenvalue weighted by Gasteiger charge is 2.32. The molecule has 96 valence electrons. The van der Waals surface area contributed by atoms with Gasteiger partial charge in [-0.2, -0.15) is 0 Å². The minimum absolute atomic E-state index is 0.151. The van der Waals surface area contributed by atoms with Crippen LogP contribution in [0.1, 0.15) is 13.3 Å². The topological polar surface area (TPSA) is 122 Å². The van der Waals surface area contributed by atoms with Gasteiger partial charge in [-0.1, -0.05) is 6.92 Å². The Hall–Kier alpha value is -1.63. The van der Waals surface area contributed by atoms with E-state index in [9.17, 15) is 14.4 Å². The third-order valence-electron chi connectivity index (χ3n) is 2.87. The minimum Gasteiger partial charge on any atom is -0.480 e. The first kappa shape index (κ1) is 13.4. The van der Waals surface area contributed by atoms with Crippen molar-refractivity contribution < 1.29 is 19.5 Å². The van der Waals surface area contributed by atoms with Crippen LogP contribution in [0.5, 0.6) is 0 Å². The maximum absolute atomic E-state index is 11.8. The molecule has 0 radical (unpaired) electrons.